The number of carbonyl (C=O) groups is 2. The van der Waals surface area contributed by atoms with Crippen LogP contribution < -0.4 is 0 Å². The smallest absolute Gasteiger partial charge is 0.289 e. The highest BCUT2D eigenvalue weighted by atomic mass is 16.3. The standard InChI is InChI=1S/C22H32N2O3/c1-17-9-15-27-19(17)20(25)24-14-11-22(16-24)10-5-12-23(21(22)26)13-8-18-6-3-2-4-7-18/h9,15,18H,2-8,10-14,16H2,1H3/t22-/m1/s1. The van der Waals surface area contributed by atoms with Crippen LogP contribution in [0.25, 0.3) is 0 Å². The molecule has 4 rings (SSSR count). The second-order valence-corrected chi connectivity index (χ2v) is 8.88. The van der Waals surface area contributed by atoms with E-state index >= 15 is 0 Å². The second-order valence-electron chi connectivity index (χ2n) is 8.88. The van der Waals surface area contributed by atoms with Crippen LogP contribution >= 0.6 is 0 Å². The van der Waals surface area contributed by atoms with E-state index in [0.29, 0.717) is 18.8 Å². The first-order valence-electron chi connectivity index (χ1n) is 10.7. The molecule has 2 saturated heterocycles. The predicted octanol–water partition coefficient (Wildman–Crippen LogP) is 4.01. The molecule has 2 aliphatic heterocycles. The van der Waals surface area contributed by atoms with Crippen LogP contribution in [0.15, 0.2) is 16.7 Å². The van der Waals surface area contributed by atoms with E-state index in [4.69, 9.17) is 4.42 Å². The number of likely N-dealkylation sites (tertiary alicyclic amines) is 2. The Kier molecular flexibility index (Phi) is 5.29. The van der Waals surface area contributed by atoms with E-state index in [1.54, 1.807) is 6.26 Å². The minimum atomic E-state index is -0.360. The van der Waals surface area contributed by atoms with Gasteiger partial charge in [0.1, 0.15) is 0 Å². The van der Waals surface area contributed by atoms with Gasteiger partial charge in [-0.05, 0) is 44.6 Å². The first kappa shape index (κ1) is 18.6. The van der Waals surface area contributed by atoms with Crippen LogP contribution in [0.2, 0.25) is 0 Å². The van der Waals surface area contributed by atoms with Crippen LogP contribution in [-0.4, -0.2) is 47.8 Å². The Morgan fingerprint density at radius 2 is 2.00 bits per heavy atom. The van der Waals surface area contributed by atoms with Crippen LogP contribution in [0.3, 0.4) is 0 Å². The number of nitrogens with zero attached hydrogens (tertiary/aromatic N) is 2. The van der Waals surface area contributed by atoms with Crippen molar-refractivity contribution >= 4 is 11.8 Å². The SMILES string of the molecule is Cc1ccoc1C(=O)N1CC[C@]2(CCCN(CCC3CCCCC3)C2=O)C1. The Morgan fingerprint density at radius 3 is 2.74 bits per heavy atom. The van der Waals surface area contributed by atoms with Crippen LogP contribution in [0.1, 0.15) is 73.9 Å². The normalized spacial score (nSPS) is 26.9. The number of aryl methyl sites for hydroxylation is 1. The number of carbonyl (C=O) groups excluding carboxylic acids is 2. The molecule has 0 aromatic carbocycles. The molecule has 1 spiro atoms. The summed E-state index contributed by atoms with van der Waals surface area (Å²) in [5, 5.41) is 0. The van der Waals surface area contributed by atoms with Crippen molar-refractivity contribution in [1.29, 1.82) is 0 Å². The van der Waals surface area contributed by atoms with Gasteiger partial charge in [-0.15, -0.1) is 0 Å². The molecule has 3 heterocycles. The van der Waals surface area contributed by atoms with Crippen molar-refractivity contribution in [3.63, 3.8) is 0 Å². The molecule has 1 aromatic heterocycles. The summed E-state index contributed by atoms with van der Waals surface area (Å²) in [6.45, 7) is 4.88. The maximum atomic E-state index is 13.3. The molecular formula is C22H32N2O3. The van der Waals surface area contributed by atoms with Crippen LogP contribution in [0, 0.1) is 18.3 Å². The lowest BCUT2D eigenvalue weighted by Crippen LogP contribution is -2.50. The van der Waals surface area contributed by atoms with Crippen molar-refractivity contribution in [2.75, 3.05) is 26.2 Å². The minimum Gasteiger partial charge on any atom is -0.459 e. The van der Waals surface area contributed by atoms with Crippen molar-refractivity contribution in [3.8, 4) is 0 Å². The van der Waals surface area contributed by atoms with E-state index in [0.717, 1.165) is 50.3 Å². The van der Waals surface area contributed by atoms with Crippen molar-refractivity contribution in [3.05, 3.63) is 23.7 Å². The highest BCUT2D eigenvalue weighted by Gasteiger charge is 2.49. The first-order valence-corrected chi connectivity index (χ1v) is 10.7. The largest absolute Gasteiger partial charge is 0.459 e. The number of furan rings is 1. The number of rotatable bonds is 4. The lowest BCUT2D eigenvalue weighted by molar-refractivity contribution is -0.145. The van der Waals surface area contributed by atoms with Gasteiger partial charge in [0.05, 0.1) is 11.7 Å². The lowest BCUT2D eigenvalue weighted by atomic mass is 9.78. The molecule has 0 radical (unpaired) electrons. The van der Waals surface area contributed by atoms with E-state index in [-0.39, 0.29) is 17.2 Å². The molecule has 148 valence electrons. The fourth-order valence-electron chi connectivity index (χ4n) is 5.34. The van der Waals surface area contributed by atoms with Gasteiger partial charge in [0.25, 0.3) is 5.91 Å². The molecule has 1 atom stereocenters. The quantitative estimate of drug-likeness (QED) is 0.802. The molecule has 0 unspecified atom stereocenters. The molecule has 0 bridgehead atoms. The minimum absolute atomic E-state index is 0.0681. The Bertz CT molecular complexity index is 691. The van der Waals surface area contributed by atoms with E-state index in [1.165, 1.54) is 32.1 Å². The average molecular weight is 373 g/mol. The topological polar surface area (TPSA) is 53.8 Å². The highest BCUT2D eigenvalue weighted by molar-refractivity contribution is 5.94. The highest BCUT2D eigenvalue weighted by Crippen LogP contribution is 2.41. The van der Waals surface area contributed by atoms with Gasteiger partial charge < -0.3 is 14.2 Å². The monoisotopic (exact) mass is 372 g/mol. The van der Waals surface area contributed by atoms with Gasteiger partial charge in [-0.1, -0.05) is 32.1 Å². The molecule has 1 saturated carbocycles. The van der Waals surface area contributed by atoms with Crippen molar-refractivity contribution in [2.24, 2.45) is 11.3 Å². The van der Waals surface area contributed by atoms with Gasteiger partial charge in [-0.2, -0.15) is 0 Å². The zero-order valence-electron chi connectivity index (χ0n) is 16.5. The second kappa shape index (κ2) is 7.69. The number of piperidine rings is 1. The van der Waals surface area contributed by atoms with E-state index in [9.17, 15) is 9.59 Å². The lowest BCUT2D eigenvalue weighted by Gasteiger charge is -2.40. The zero-order valence-corrected chi connectivity index (χ0v) is 16.5. The molecule has 5 heteroatoms. The fraction of sp³-hybridized carbons (Fsp3) is 0.727. The van der Waals surface area contributed by atoms with Crippen molar-refractivity contribution < 1.29 is 14.0 Å². The number of hydrogen-bond donors (Lipinski definition) is 0. The summed E-state index contributed by atoms with van der Waals surface area (Å²) in [7, 11) is 0. The summed E-state index contributed by atoms with van der Waals surface area (Å²) in [4.78, 5) is 30.0. The van der Waals surface area contributed by atoms with Crippen LogP contribution in [0.5, 0.6) is 0 Å². The van der Waals surface area contributed by atoms with Crippen LogP contribution in [-0.2, 0) is 4.79 Å². The molecule has 3 fully saturated rings. The molecule has 27 heavy (non-hydrogen) atoms. The Hall–Kier alpha value is -1.78. The summed E-state index contributed by atoms with van der Waals surface area (Å²) < 4.78 is 5.38. The summed E-state index contributed by atoms with van der Waals surface area (Å²) in [5.74, 6) is 1.44. The molecular weight excluding hydrogens is 340 g/mol. The Balaban J connectivity index is 1.38. The van der Waals surface area contributed by atoms with Gasteiger partial charge in [0.15, 0.2) is 5.76 Å². The molecule has 5 nitrogen and oxygen atoms in total. The van der Waals surface area contributed by atoms with Crippen molar-refractivity contribution in [1.82, 2.24) is 9.80 Å². The molecule has 1 aliphatic carbocycles. The molecule has 3 aliphatic rings. The molecule has 2 amide bonds. The van der Waals surface area contributed by atoms with E-state index < -0.39 is 0 Å². The van der Waals surface area contributed by atoms with Crippen molar-refractivity contribution in [2.45, 2.75) is 64.7 Å². The maximum Gasteiger partial charge on any atom is 0.289 e. The fourth-order valence-corrected chi connectivity index (χ4v) is 5.34. The Morgan fingerprint density at radius 1 is 1.19 bits per heavy atom. The predicted molar refractivity (Wildman–Crippen MR) is 103 cm³/mol. The third-order valence-electron chi connectivity index (χ3n) is 7.05. The summed E-state index contributed by atoms with van der Waals surface area (Å²) in [6, 6.07) is 1.82. The average Bonchev–Trinajstić information content (AvgIpc) is 3.31. The maximum absolute atomic E-state index is 13.3. The molecule has 0 N–H and O–H groups in total. The Labute approximate surface area is 162 Å². The number of amides is 2. The van der Waals surface area contributed by atoms with Gasteiger partial charge in [0.2, 0.25) is 5.91 Å². The summed E-state index contributed by atoms with van der Waals surface area (Å²) in [6.07, 6.45) is 12.2. The third-order valence-corrected chi connectivity index (χ3v) is 7.05. The van der Waals surface area contributed by atoms with Gasteiger partial charge in [-0.25, -0.2) is 0 Å². The molecule has 1 aromatic rings. The van der Waals surface area contributed by atoms with Gasteiger partial charge in [0, 0.05) is 31.7 Å². The summed E-state index contributed by atoms with van der Waals surface area (Å²) in [5.41, 5.74) is 0.506. The van der Waals surface area contributed by atoms with Gasteiger partial charge in [-0.3, -0.25) is 9.59 Å². The number of hydrogen-bond acceptors (Lipinski definition) is 3. The van der Waals surface area contributed by atoms with E-state index in [1.807, 2.05) is 17.9 Å². The van der Waals surface area contributed by atoms with Crippen LogP contribution in [0.4, 0.5) is 0 Å². The third kappa shape index (κ3) is 3.65. The zero-order chi connectivity index (χ0) is 18.9. The van der Waals surface area contributed by atoms with E-state index in [2.05, 4.69) is 4.90 Å². The first-order chi connectivity index (χ1) is 13.1. The summed E-state index contributed by atoms with van der Waals surface area (Å²) >= 11 is 0. The van der Waals surface area contributed by atoms with Gasteiger partial charge >= 0.3 is 0 Å².